The second-order valence-corrected chi connectivity index (χ2v) is 8.61. The number of azo groups is 1. The minimum absolute atomic E-state index is 0.0263. The first-order valence-electron chi connectivity index (χ1n) is 11.5. The number of benzene rings is 2. The smallest absolute Gasteiger partial charge is 0.269 e. The molecule has 3 rings (SSSR count). The molecule has 0 unspecified atom stereocenters. The highest BCUT2D eigenvalue weighted by atomic mass is 35.5. The van der Waals surface area contributed by atoms with Crippen LogP contribution in [0.4, 0.5) is 22.7 Å². The van der Waals surface area contributed by atoms with Crippen molar-refractivity contribution in [2.24, 2.45) is 10.2 Å². The predicted molar refractivity (Wildman–Crippen MR) is 131 cm³/mol. The molecule has 1 heterocycles. The fourth-order valence-corrected chi connectivity index (χ4v) is 4.08. The molecule has 0 amide bonds. The zero-order chi connectivity index (χ0) is 22.8. The van der Waals surface area contributed by atoms with Gasteiger partial charge in [0.1, 0.15) is 5.69 Å². The molecule has 1 saturated heterocycles. The Bertz CT molecular complexity index is 896. The number of non-ortho nitro benzene ring substituents is 1. The van der Waals surface area contributed by atoms with E-state index in [9.17, 15) is 10.1 Å². The zero-order valence-electron chi connectivity index (χ0n) is 18.8. The van der Waals surface area contributed by atoms with Gasteiger partial charge >= 0.3 is 0 Å². The summed E-state index contributed by atoms with van der Waals surface area (Å²) in [6, 6.07) is 11.8. The second-order valence-electron chi connectivity index (χ2n) is 8.21. The van der Waals surface area contributed by atoms with Gasteiger partial charge in [-0.05, 0) is 43.3 Å². The molecule has 0 atom stereocenters. The van der Waals surface area contributed by atoms with Gasteiger partial charge in [0, 0.05) is 44.0 Å². The number of hydrogen-bond donors (Lipinski definition) is 0. The second kappa shape index (κ2) is 12.5. The summed E-state index contributed by atoms with van der Waals surface area (Å²) in [5.74, 6) is 0. The van der Waals surface area contributed by atoms with Gasteiger partial charge in [-0.3, -0.25) is 15.0 Å². The van der Waals surface area contributed by atoms with E-state index in [0.717, 1.165) is 31.9 Å². The van der Waals surface area contributed by atoms with E-state index in [-0.39, 0.29) is 5.69 Å². The van der Waals surface area contributed by atoms with Crippen molar-refractivity contribution in [3.05, 3.63) is 57.6 Å². The molecular weight excluding hydrogens is 426 g/mol. The summed E-state index contributed by atoms with van der Waals surface area (Å²) in [5, 5.41) is 19.6. The van der Waals surface area contributed by atoms with Crippen LogP contribution in [0, 0.1) is 10.1 Å². The van der Waals surface area contributed by atoms with Crippen molar-refractivity contribution in [2.45, 2.75) is 45.4 Å². The Balaban J connectivity index is 1.47. The lowest BCUT2D eigenvalue weighted by Gasteiger charge is -2.36. The molecule has 0 aromatic heterocycles. The highest BCUT2D eigenvalue weighted by molar-refractivity contribution is 6.33. The van der Waals surface area contributed by atoms with Crippen LogP contribution >= 0.6 is 11.6 Å². The largest absolute Gasteiger partial charge is 0.369 e. The summed E-state index contributed by atoms with van der Waals surface area (Å²) in [6.45, 7) is 7.60. The fraction of sp³-hybridized carbons (Fsp3) is 0.500. The van der Waals surface area contributed by atoms with E-state index in [2.05, 4.69) is 27.0 Å². The summed E-state index contributed by atoms with van der Waals surface area (Å²) >= 11 is 6.45. The van der Waals surface area contributed by atoms with E-state index in [4.69, 9.17) is 11.6 Å². The van der Waals surface area contributed by atoms with E-state index in [1.807, 2.05) is 18.2 Å². The normalized spacial score (nSPS) is 14.9. The van der Waals surface area contributed by atoms with Gasteiger partial charge < -0.3 is 4.90 Å². The predicted octanol–water partition coefficient (Wildman–Crippen LogP) is 7.15. The van der Waals surface area contributed by atoms with Gasteiger partial charge in [0.25, 0.3) is 5.69 Å². The molecule has 2 aromatic carbocycles. The summed E-state index contributed by atoms with van der Waals surface area (Å²) in [5.41, 5.74) is 2.25. The number of unbranched alkanes of at least 4 members (excludes halogenated alkanes) is 5. The van der Waals surface area contributed by atoms with Gasteiger partial charge in [0.15, 0.2) is 0 Å². The summed E-state index contributed by atoms with van der Waals surface area (Å²) in [7, 11) is 0. The molecule has 1 aliphatic heterocycles. The Hall–Kier alpha value is -2.51. The number of piperazine rings is 1. The maximum Gasteiger partial charge on any atom is 0.269 e. The molecule has 172 valence electrons. The van der Waals surface area contributed by atoms with Crippen molar-refractivity contribution in [1.29, 1.82) is 0 Å². The molecule has 0 saturated carbocycles. The molecule has 32 heavy (non-hydrogen) atoms. The first kappa shape index (κ1) is 24.1. The Morgan fingerprint density at radius 2 is 1.62 bits per heavy atom. The Morgan fingerprint density at radius 3 is 2.28 bits per heavy atom. The van der Waals surface area contributed by atoms with Crippen LogP contribution in [0.5, 0.6) is 0 Å². The van der Waals surface area contributed by atoms with Crippen molar-refractivity contribution >= 4 is 34.4 Å². The van der Waals surface area contributed by atoms with Crippen LogP contribution in [0.3, 0.4) is 0 Å². The number of halogens is 1. The van der Waals surface area contributed by atoms with Gasteiger partial charge in [0.2, 0.25) is 0 Å². The molecule has 2 aromatic rings. The van der Waals surface area contributed by atoms with Crippen molar-refractivity contribution in [3.63, 3.8) is 0 Å². The number of anilines is 1. The zero-order valence-corrected chi connectivity index (χ0v) is 19.5. The van der Waals surface area contributed by atoms with Gasteiger partial charge in [-0.25, -0.2) is 0 Å². The van der Waals surface area contributed by atoms with Crippen molar-refractivity contribution < 1.29 is 4.92 Å². The minimum Gasteiger partial charge on any atom is -0.369 e. The van der Waals surface area contributed by atoms with E-state index in [0.29, 0.717) is 16.4 Å². The average molecular weight is 458 g/mol. The minimum atomic E-state index is -0.440. The molecule has 0 aliphatic carbocycles. The van der Waals surface area contributed by atoms with E-state index in [1.54, 1.807) is 12.1 Å². The Morgan fingerprint density at radius 1 is 0.938 bits per heavy atom. The van der Waals surface area contributed by atoms with Gasteiger partial charge in [-0.2, -0.15) is 5.11 Å². The average Bonchev–Trinajstić information content (AvgIpc) is 2.81. The third-order valence-electron chi connectivity index (χ3n) is 5.83. The highest BCUT2D eigenvalue weighted by Gasteiger charge is 2.17. The number of rotatable bonds is 11. The number of hydrogen-bond acceptors (Lipinski definition) is 6. The van der Waals surface area contributed by atoms with Crippen LogP contribution in [-0.4, -0.2) is 42.5 Å². The molecule has 1 aliphatic rings. The fourth-order valence-electron chi connectivity index (χ4n) is 3.87. The van der Waals surface area contributed by atoms with Crippen molar-refractivity contribution in [1.82, 2.24) is 4.90 Å². The molecule has 0 spiro atoms. The first-order chi connectivity index (χ1) is 15.6. The van der Waals surface area contributed by atoms with E-state index in [1.165, 1.54) is 57.2 Å². The molecule has 8 heteroatoms. The third kappa shape index (κ3) is 7.28. The number of nitro benzene ring substituents is 1. The molecule has 0 bridgehead atoms. The maximum atomic E-state index is 10.7. The van der Waals surface area contributed by atoms with Crippen LogP contribution in [-0.2, 0) is 0 Å². The topological polar surface area (TPSA) is 74.3 Å². The van der Waals surface area contributed by atoms with Crippen LogP contribution in [0.25, 0.3) is 0 Å². The van der Waals surface area contributed by atoms with Gasteiger partial charge in [-0.15, -0.1) is 5.11 Å². The summed E-state index contributed by atoms with van der Waals surface area (Å²) in [6.07, 6.45) is 8.03. The first-order valence-corrected chi connectivity index (χ1v) is 11.9. The van der Waals surface area contributed by atoms with Gasteiger partial charge in [-0.1, -0.05) is 50.6 Å². The van der Waals surface area contributed by atoms with Crippen molar-refractivity contribution in [2.75, 3.05) is 37.6 Å². The molecule has 1 fully saturated rings. The summed E-state index contributed by atoms with van der Waals surface area (Å²) < 4.78 is 0. The Kier molecular flexibility index (Phi) is 9.43. The lowest BCUT2D eigenvalue weighted by Crippen LogP contribution is -2.46. The maximum absolute atomic E-state index is 10.7. The van der Waals surface area contributed by atoms with Crippen LogP contribution in [0.15, 0.2) is 52.7 Å². The monoisotopic (exact) mass is 457 g/mol. The SMILES string of the molecule is CCCCCCCCN1CCN(c2ccc(N=Nc3ccc([N+](=O)[O-])cc3)c(Cl)c2)CC1. The lowest BCUT2D eigenvalue weighted by molar-refractivity contribution is -0.384. The molecule has 0 radical (unpaired) electrons. The lowest BCUT2D eigenvalue weighted by atomic mass is 10.1. The molecular formula is C24H32ClN5O2. The highest BCUT2D eigenvalue weighted by Crippen LogP contribution is 2.31. The van der Waals surface area contributed by atoms with Crippen molar-refractivity contribution in [3.8, 4) is 0 Å². The Labute approximate surface area is 195 Å². The van der Waals surface area contributed by atoms with Gasteiger partial charge in [0.05, 0.1) is 15.6 Å². The third-order valence-corrected chi connectivity index (χ3v) is 6.13. The number of nitro groups is 1. The van der Waals surface area contributed by atoms with Crippen LogP contribution in [0.1, 0.15) is 45.4 Å². The molecule has 7 nitrogen and oxygen atoms in total. The van der Waals surface area contributed by atoms with Crippen LogP contribution < -0.4 is 4.90 Å². The number of nitrogens with zero attached hydrogens (tertiary/aromatic N) is 5. The summed E-state index contributed by atoms with van der Waals surface area (Å²) in [4.78, 5) is 15.2. The van der Waals surface area contributed by atoms with E-state index >= 15 is 0 Å². The molecule has 0 N–H and O–H groups in total. The van der Waals surface area contributed by atoms with Crippen LogP contribution in [0.2, 0.25) is 5.02 Å². The quantitative estimate of drug-likeness (QED) is 0.155. The standard InChI is InChI=1S/C24H32ClN5O2/c1-2-3-4-5-6-7-14-28-15-17-29(18-16-28)22-12-13-24(23(25)19-22)27-26-20-8-10-21(11-9-20)30(31)32/h8-13,19H,2-7,14-18H2,1H3. The van der Waals surface area contributed by atoms with E-state index < -0.39 is 4.92 Å².